The second-order valence-electron chi connectivity index (χ2n) is 5.12. The molecule has 26 heavy (non-hydrogen) atoms. The summed E-state index contributed by atoms with van der Waals surface area (Å²) in [6.45, 7) is 0. The third kappa shape index (κ3) is 4.24. The van der Waals surface area contributed by atoms with E-state index in [1.165, 1.54) is 36.4 Å². The normalized spacial score (nSPS) is 11.2. The second kappa shape index (κ2) is 7.22. The molecule has 1 heterocycles. The van der Waals surface area contributed by atoms with Crippen molar-refractivity contribution in [2.45, 2.75) is 4.90 Å². The molecule has 0 atom stereocenters. The van der Waals surface area contributed by atoms with Crippen LogP contribution in [0.4, 0.5) is 26.1 Å². The van der Waals surface area contributed by atoms with Crippen molar-refractivity contribution in [1.82, 2.24) is 10.2 Å². The predicted molar refractivity (Wildman–Crippen MR) is 93.9 cm³/mol. The summed E-state index contributed by atoms with van der Waals surface area (Å²) in [5.74, 6) is -1.76. The van der Waals surface area contributed by atoms with Crippen LogP contribution in [0, 0.1) is 11.6 Å². The molecule has 0 saturated carbocycles. The minimum absolute atomic E-state index is 0.0131. The Kier molecular flexibility index (Phi) is 5.01. The maximum atomic E-state index is 13.2. The Hall–Kier alpha value is -2.78. The summed E-state index contributed by atoms with van der Waals surface area (Å²) in [7, 11) is -3.87. The highest BCUT2D eigenvalue weighted by Crippen LogP contribution is 2.20. The molecule has 0 aliphatic carbocycles. The van der Waals surface area contributed by atoms with E-state index in [9.17, 15) is 17.2 Å². The number of nitrogens with one attached hydrogen (secondary N) is 2. The molecule has 0 fully saturated rings. The van der Waals surface area contributed by atoms with E-state index < -0.39 is 21.7 Å². The Morgan fingerprint density at radius 3 is 2.27 bits per heavy atom. The van der Waals surface area contributed by atoms with Gasteiger partial charge in [-0.15, -0.1) is 10.2 Å². The Balaban J connectivity index is 1.74. The number of aromatic nitrogens is 2. The van der Waals surface area contributed by atoms with Gasteiger partial charge in [-0.05, 0) is 42.5 Å². The number of rotatable bonds is 5. The van der Waals surface area contributed by atoms with Crippen LogP contribution in [0.3, 0.4) is 0 Å². The highest BCUT2D eigenvalue weighted by Gasteiger charge is 2.15. The van der Waals surface area contributed by atoms with Crippen molar-refractivity contribution >= 4 is 38.9 Å². The van der Waals surface area contributed by atoms with Gasteiger partial charge in [0.05, 0.1) is 4.90 Å². The molecule has 3 aromatic rings. The molecule has 0 unspecified atom stereocenters. The minimum atomic E-state index is -3.87. The zero-order chi connectivity index (χ0) is 18.7. The molecule has 134 valence electrons. The third-order valence-corrected chi connectivity index (χ3v) is 4.79. The topological polar surface area (TPSA) is 84.0 Å². The first-order chi connectivity index (χ1) is 12.3. The first-order valence-corrected chi connectivity index (χ1v) is 9.04. The van der Waals surface area contributed by atoms with Gasteiger partial charge in [0, 0.05) is 16.8 Å². The van der Waals surface area contributed by atoms with Gasteiger partial charge >= 0.3 is 0 Å². The van der Waals surface area contributed by atoms with Crippen molar-refractivity contribution in [3.8, 4) is 0 Å². The molecule has 2 N–H and O–H groups in total. The summed E-state index contributed by atoms with van der Waals surface area (Å²) in [4.78, 5) is -0.0178. The molecule has 0 radical (unpaired) electrons. The Labute approximate surface area is 152 Å². The van der Waals surface area contributed by atoms with E-state index in [-0.39, 0.29) is 27.2 Å². The minimum Gasteiger partial charge on any atom is -0.339 e. The van der Waals surface area contributed by atoms with Gasteiger partial charge in [-0.1, -0.05) is 17.7 Å². The summed E-state index contributed by atoms with van der Waals surface area (Å²) < 4.78 is 52.9. The van der Waals surface area contributed by atoms with Crippen LogP contribution in [0.1, 0.15) is 0 Å². The molecule has 6 nitrogen and oxygen atoms in total. The zero-order valence-electron chi connectivity index (χ0n) is 12.9. The summed E-state index contributed by atoms with van der Waals surface area (Å²) in [6, 6.07) is 11.8. The first-order valence-electron chi connectivity index (χ1n) is 7.18. The van der Waals surface area contributed by atoms with Gasteiger partial charge in [-0.25, -0.2) is 17.2 Å². The predicted octanol–water partition coefficient (Wildman–Crippen LogP) is 3.95. The van der Waals surface area contributed by atoms with Crippen LogP contribution in [0.15, 0.2) is 59.5 Å². The lowest BCUT2D eigenvalue weighted by Crippen LogP contribution is -2.14. The quantitative estimate of drug-likeness (QED) is 0.682. The van der Waals surface area contributed by atoms with Crippen molar-refractivity contribution in [2.24, 2.45) is 0 Å². The van der Waals surface area contributed by atoms with Crippen molar-refractivity contribution in [1.29, 1.82) is 0 Å². The smallest absolute Gasteiger partial charge is 0.263 e. The molecule has 0 spiro atoms. The van der Waals surface area contributed by atoms with Gasteiger partial charge in [0.1, 0.15) is 0 Å². The number of nitrogens with zero attached hydrogens (tertiary/aromatic N) is 2. The van der Waals surface area contributed by atoms with Crippen molar-refractivity contribution < 1.29 is 17.2 Å². The fraction of sp³-hybridized carbons (Fsp3) is 0. The number of sulfonamides is 1. The fourth-order valence-electron chi connectivity index (χ4n) is 2.01. The van der Waals surface area contributed by atoms with E-state index >= 15 is 0 Å². The van der Waals surface area contributed by atoms with Gasteiger partial charge < -0.3 is 5.32 Å². The molecule has 0 saturated heterocycles. The maximum Gasteiger partial charge on any atom is 0.263 e. The molecule has 0 amide bonds. The molecule has 0 aliphatic heterocycles. The van der Waals surface area contributed by atoms with Crippen molar-refractivity contribution in [3.63, 3.8) is 0 Å². The first kappa shape index (κ1) is 18.0. The van der Waals surface area contributed by atoms with E-state index in [2.05, 4.69) is 20.2 Å². The van der Waals surface area contributed by atoms with E-state index in [1.54, 1.807) is 6.07 Å². The van der Waals surface area contributed by atoms with Gasteiger partial charge in [0.15, 0.2) is 23.3 Å². The van der Waals surface area contributed by atoms with Crippen molar-refractivity contribution in [2.75, 3.05) is 10.0 Å². The largest absolute Gasteiger partial charge is 0.339 e. The maximum absolute atomic E-state index is 13.2. The average molecular weight is 397 g/mol. The number of hydrogen-bond acceptors (Lipinski definition) is 5. The number of anilines is 3. The number of halogens is 3. The monoisotopic (exact) mass is 396 g/mol. The van der Waals surface area contributed by atoms with E-state index in [4.69, 9.17) is 11.6 Å². The Bertz CT molecular complexity index is 1050. The molecule has 3 rings (SSSR count). The number of hydrogen-bond donors (Lipinski definition) is 2. The van der Waals surface area contributed by atoms with Gasteiger partial charge in [-0.3, -0.25) is 4.72 Å². The van der Waals surface area contributed by atoms with Crippen LogP contribution in [0.25, 0.3) is 0 Å². The van der Waals surface area contributed by atoms with Crippen LogP contribution in [0.2, 0.25) is 5.02 Å². The van der Waals surface area contributed by atoms with E-state index in [0.29, 0.717) is 0 Å². The highest BCUT2D eigenvalue weighted by molar-refractivity contribution is 7.92. The van der Waals surface area contributed by atoms with Crippen LogP contribution >= 0.6 is 11.6 Å². The lowest BCUT2D eigenvalue weighted by atomic mass is 10.3. The summed E-state index contributed by atoms with van der Waals surface area (Å²) in [5, 5.41) is 10.5. The standard InChI is InChI=1S/C16H11ClF2N4O2S/c17-10-2-1-3-12(8-10)26(24,25)23-16-7-6-15(21-22-16)20-11-4-5-13(18)14(19)9-11/h1-9H,(H,20,21)(H,22,23). The van der Waals surface area contributed by atoms with Crippen LogP contribution in [-0.4, -0.2) is 18.6 Å². The summed E-state index contributed by atoms with van der Waals surface area (Å²) >= 11 is 5.79. The van der Waals surface area contributed by atoms with E-state index in [1.807, 2.05) is 0 Å². The second-order valence-corrected chi connectivity index (χ2v) is 7.24. The van der Waals surface area contributed by atoms with Crippen LogP contribution in [-0.2, 0) is 10.0 Å². The Morgan fingerprint density at radius 2 is 1.62 bits per heavy atom. The molecular formula is C16H11ClF2N4O2S. The molecule has 1 aromatic heterocycles. The molecule has 0 bridgehead atoms. The van der Waals surface area contributed by atoms with Gasteiger partial charge in [0.25, 0.3) is 10.0 Å². The van der Waals surface area contributed by atoms with Crippen molar-refractivity contribution in [3.05, 3.63) is 71.3 Å². The highest BCUT2D eigenvalue weighted by atomic mass is 35.5. The molecule has 10 heteroatoms. The summed E-state index contributed by atoms with van der Waals surface area (Å²) in [6.07, 6.45) is 0. The third-order valence-electron chi connectivity index (χ3n) is 3.20. The zero-order valence-corrected chi connectivity index (χ0v) is 14.5. The van der Waals surface area contributed by atoms with Gasteiger partial charge in [-0.2, -0.15) is 0 Å². The van der Waals surface area contributed by atoms with Crippen LogP contribution in [0.5, 0.6) is 0 Å². The van der Waals surface area contributed by atoms with Gasteiger partial charge in [0.2, 0.25) is 0 Å². The molecule has 0 aliphatic rings. The van der Waals surface area contributed by atoms with Crippen LogP contribution < -0.4 is 10.0 Å². The lowest BCUT2D eigenvalue weighted by molar-refractivity contribution is 0.509. The van der Waals surface area contributed by atoms with E-state index in [0.717, 1.165) is 12.1 Å². The summed E-state index contributed by atoms with van der Waals surface area (Å²) in [5.41, 5.74) is 0.269. The molecular weight excluding hydrogens is 386 g/mol. The SMILES string of the molecule is O=S(=O)(Nc1ccc(Nc2ccc(F)c(F)c2)nn1)c1cccc(Cl)c1. The average Bonchev–Trinajstić information content (AvgIpc) is 2.60. The fourth-order valence-corrected chi connectivity index (χ4v) is 3.30. The number of benzene rings is 2. The Morgan fingerprint density at radius 1 is 0.885 bits per heavy atom. The molecule has 2 aromatic carbocycles. The lowest BCUT2D eigenvalue weighted by Gasteiger charge is -2.08.